The minimum Gasteiger partial charge on any atom is -0.486 e. The second-order valence-corrected chi connectivity index (χ2v) is 9.98. The van der Waals surface area contributed by atoms with Crippen molar-refractivity contribution in [2.24, 2.45) is 5.92 Å². The summed E-state index contributed by atoms with van der Waals surface area (Å²) >= 11 is 0. The molecule has 0 bridgehead atoms. The number of nitrogens with one attached hydrogen (secondary N) is 2. The highest BCUT2D eigenvalue weighted by Crippen LogP contribution is 2.36. The molecule has 4 aromatic rings. The van der Waals surface area contributed by atoms with Gasteiger partial charge in [0.25, 0.3) is 0 Å². The number of fused-ring (bicyclic) bond motifs is 2. The molecule has 206 valence electrons. The molecule has 1 saturated carbocycles. The molecule has 0 atom stereocenters. The van der Waals surface area contributed by atoms with Crippen molar-refractivity contribution in [1.82, 2.24) is 14.5 Å². The van der Waals surface area contributed by atoms with Crippen LogP contribution in [0.1, 0.15) is 41.0 Å². The second kappa shape index (κ2) is 11.3. The summed E-state index contributed by atoms with van der Waals surface area (Å²) in [4.78, 5) is 35.3. The lowest BCUT2D eigenvalue weighted by molar-refractivity contribution is -0.122. The molecule has 0 radical (unpaired) electrons. The quantitative estimate of drug-likeness (QED) is 0.296. The zero-order valence-corrected chi connectivity index (χ0v) is 22.3. The number of ether oxygens (including phenoxy) is 3. The number of aryl methyl sites for hydroxylation is 2. The van der Waals surface area contributed by atoms with E-state index >= 15 is 0 Å². The molecule has 0 spiro atoms. The maximum atomic E-state index is 13.1. The van der Waals surface area contributed by atoms with Crippen LogP contribution in [0.5, 0.6) is 11.5 Å². The SMILES string of the molecule is COC(=O)c1c(NC(=O)C2CCC2)c2cc(NCc3ccc4c(c3)OCCO4)cnc2n1CCc1ccccn1. The van der Waals surface area contributed by atoms with Crippen LogP contribution < -0.4 is 20.1 Å². The molecule has 0 saturated heterocycles. The first kappa shape index (κ1) is 25.7. The molecule has 6 rings (SSSR count). The highest BCUT2D eigenvalue weighted by Gasteiger charge is 2.30. The Bertz CT molecular complexity index is 1550. The lowest BCUT2D eigenvalue weighted by Gasteiger charge is -2.24. The van der Waals surface area contributed by atoms with E-state index in [1.165, 1.54) is 7.11 Å². The van der Waals surface area contributed by atoms with Gasteiger partial charge in [0.05, 0.1) is 24.7 Å². The van der Waals surface area contributed by atoms with Crippen LogP contribution in [0.2, 0.25) is 0 Å². The number of pyridine rings is 2. The molecule has 3 aromatic heterocycles. The van der Waals surface area contributed by atoms with Crippen LogP contribution in [0.25, 0.3) is 11.0 Å². The first-order valence-electron chi connectivity index (χ1n) is 13.5. The Labute approximate surface area is 231 Å². The fourth-order valence-corrected chi connectivity index (χ4v) is 5.04. The van der Waals surface area contributed by atoms with E-state index in [9.17, 15) is 9.59 Å². The van der Waals surface area contributed by atoms with Crippen molar-refractivity contribution in [1.29, 1.82) is 0 Å². The minimum absolute atomic E-state index is 0.0538. The molecule has 4 heterocycles. The average Bonchev–Trinajstić information content (AvgIpc) is 3.26. The van der Waals surface area contributed by atoms with Gasteiger partial charge in [-0.15, -0.1) is 0 Å². The van der Waals surface area contributed by atoms with Crippen molar-refractivity contribution in [3.05, 3.63) is 71.8 Å². The maximum absolute atomic E-state index is 13.1. The molecule has 1 aliphatic carbocycles. The van der Waals surface area contributed by atoms with Crippen molar-refractivity contribution in [3.63, 3.8) is 0 Å². The lowest BCUT2D eigenvalue weighted by atomic mass is 9.85. The number of carbonyl (C=O) groups excluding carboxylic acids is 2. The van der Waals surface area contributed by atoms with Gasteiger partial charge >= 0.3 is 5.97 Å². The standard InChI is InChI=1S/C30H31N5O5/c1-38-30(37)27-26(34-29(36)20-5-4-6-20)23-16-22(32-17-19-8-9-24-25(15-19)40-14-13-39-24)18-33-28(23)35(27)12-10-21-7-2-3-11-31-21/h2-3,7-9,11,15-16,18,20,32H,4-6,10,12-14,17H2,1H3,(H,34,36). The van der Waals surface area contributed by atoms with Crippen LogP contribution in [-0.4, -0.2) is 46.7 Å². The molecular weight excluding hydrogens is 510 g/mol. The Morgan fingerprint density at radius 3 is 2.67 bits per heavy atom. The monoisotopic (exact) mass is 541 g/mol. The van der Waals surface area contributed by atoms with Crippen LogP contribution >= 0.6 is 0 Å². The smallest absolute Gasteiger partial charge is 0.356 e. The average molecular weight is 542 g/mol. The third-order valence-electron chi connectivity index (χ3n) is 7.42. The van der Waals surface area contributed by atoms with Gasteiger partial charge in [-0.3, -0.25) is 9.78 Å². The Hall–Kier alpha value is -4.60. The Kier molecular flexibility index (Phi) is 7.22. The van der Waals surface area contributed by atoms with E-state index in [1.54, 1.807) is 12.4 Å². The summed E-state index contributed by atoms with van der Waals surface area (Å²) in [5, 5.41) is 7.13. The minimum atomic E-state index is -0.534. The van der Waals surface area contributed by atoms with Crippen molar-refractivity contribution < 1.29 is 23.8 Å². The second-order valence-electron chi connectivity index (χ2n) is 9.98. The third-order valence-corrected chi connectivity index (χ3v) is 7.42. The normalized spacial score (nSPS) is 14.4. The number of hydrogen-bond acceptors (Lipinski definition) is 8. The maximum Gasteiger partial charge on any atom is 0.356 e. The van der Waals surface area contributed by atoms with Gasteiger partial charge < -0.3 is 29.4 Å². The van der Waals surface area contributed by atoms with Gasteiger partial charge in [0.2, 0.25) is 5.91 Å². The summed E-state index contributed by atoms with van der Waals surface area (Å²) in [6.07, 6.45) is 6.78. The van der Waals surface area contributed by atoms with Gasteiger partial charge in [0, 0.05) is 42.7 Å². The Morgan fingerprint density at radius 2 is 1.93 bits per heavy atom. The van der Waals surface area contributed by atoms with Crippen molar-refractivity contribution in [3.8, 4) is 11.5 Å². The first-order chi connectivity index (χ1) is 19.6. The number of anilines is 2. The predicted molar refractivity (Wildman–Crippen MR) is 150 cm³/mol. The molecule has 2 N–H and O–H groups in total. The number of aromatic nitrogens is 3. The summed E-state index contributed by atoms with van der Waals surface area (Å²) in [7, 11) is 1.34. The number of rotatable bonds is 9. The van der Waals surface area contributed by atoms with Crippen LogP contribution in [0.15, 0.2) is 54.9 Å². The fraction of sp³-hybridized carbons (Fsp3) is 0.333. The summed E-state index contributed by atoms with van der Waals surface area (Å²) in [6, 6.07) is 13.5. The topological polar surface area (TPSA) is 117 Å². The van der Waals surface area contributed by atoms with Gasteiger partial charge in [-0.1, -0.05) is 18.6 Å². The zero-order chi connectivity index (χ0) is 27.5. The third kappa shape index (κ3) is 5.16. The van der Waals surface area contributed by atoms with E-state index < -0.39 is 5.97 Å². The number of hydrogen-bond donors (Lipinski definition) is 2. The van der Waals surface area contributed by atoms with Gasteiger partial charge in [-0.2, -0.15) is 0 Å². The van der Waals surface area contributed by atoms with Gasteiger partial charge in [-0.25, -0.2) is 9.78 Å². The largest absolute Gasteiger partial charge is 0.486 e. The van der Waals surface area contributed by atoms with E-state index in [2.05, 4.69) is 15.6 Å². The van der Waals surface area contributed by atoms with Crippen LogP contribution in [0.3, 0.4) is 0 Å². The molecule has 1 aromatic carbocycles. The first-order valence-corrected chi connectivity index (χ1v) is 13.5. The summed E-state index contributed by atoms with van der Waals surface area (Å²) in [6.45, 7) is 2.04. The fourth-order valence-electron chi connectivity index (χ4n) is 5.04. The van der Waals surface area contributed by atoms with E-state index in [0.717, 1.165) is 47.7 Å². The molecule has 0 unspecified atom stereocenters. The van der Waals surface area contributed by atoms with Crippen LogP contribution in [-0.2, 0) is 29.0 Å². The Morgan fingerprint density at radius 1 is 1.07 bits per heavy atom. The van der Waals surface area contributed by atoms with E-state index in [1.807, 2.05) is 47.0 Å². The zero-order valence-electron chi connectivity index (χ0n) is 22.3. The number of carbonyl (C=O) groups is 2. The molecule has 40 heavy (non-hydrogen) atoms. The summed E-state index contributed by atoms with van der Waals surface area (Å²) in [5.41, 5.74) is 3.95. The number of amides is 1. The summed E-state index contributed by atoms with van der Waals surface area (Å²) < 4.78 is 18.3. The number of methoxy groups -OCH3 is 1. The molecule has 10 heteroatoms. The highest BCUT2D eigenvalue weighted by molar-refractivity contribution is 6.11. The van der Waals surface area contributed by atoms with Crippen LogP contribution in [0, 0.1) is 5.92 Å². The molecule has 1 amide bonds. The summed E-state index contributed by atoms with van der Waals surface area (Å²) in [5.74, 6) is 0.797. The van der Waals surface area contributed by atoms with Crippen LogP contribution in [0.4, 0.5) is 11.4 Å². The molecular formula is C30H31N5O5. The molecule has 10 nitrogen and oxygen atoms in total. The molecule has 2 aliphatic rings. The highest BCUT2D eigenvalue weighted by atomic mass is 16.6. The van der Waals surface area contributed by atoms with Gasteiger partial charge in [0.1, 0.15) is 18.9 Å². The number of nitrogens with zero attached hydrogens (tertiary/aromatic N) is 3. The Balaban J connectivity index is 1.34. The number of esters is 1. The van der Waals surface area contributed by atoms with Crippen molar-refractivity contribution >= 4 is 34.3 Å². The van der Waals surface area contributed by atoms with Crippen molar-refractivity contribution in [2.75, 3.05) is 31.0 Å². The van der Waals surface area contributed by atoms with E-state index in [0.29, 0.717) is 49.4 Å². The van der Waals surface area contributed by atoms with Crippen molar-refractivity contribution in [2.45, 2.75) is 38.8 Å². The molecule has 1 aliphatic heterocycles. The van der Waals surface area contributed by atoms with Gasteiger partial charge in [0.15, 0.2) is 17.2 Å². The van der Waals surface area contributed by atoms with Gasteiger partial charge in [-0.05, 0) is 48.7 Å². The predicted octanol–water partition coefficient (Wildman–Crippen LogP) is 4.58. The van der Waals surface area contributed by atoms with E-state index in [4.69, 9.17) is 19.2 Å². The molecule has 1 fully saturated rings. The van der Waals surface area contributed by atoms with E-state index in [-0.39, 0.29) is 17.5 Å². The number of benzene rings is 1. The lowest BCUT2D eigenvalue weighted by Crippen LogP contribution is -2.29.